The lowest BCUT2D eigenvalue weighted by Crippen LogP contribution is -2.43. The first-order valence-corrected chi connectivity index (χ1v) is 7.54. The fourth-order valence-electron chi connectivity index (χ4n) is 2.05. The van der Waals surface area contributed by atoms with E-state index in [1.165, 1.54) is 0 Å². The molecular weight excluding hydrogens is 294 g/mol. The lowest BCUT2D eigenvalue weighted by atomic mass is 10.1. The number of hydrogen-bond acceptors (Lipinski definition) is 5. The first-order valence-electron chi connectivity index (χ1n) is 7.54. The highest BCUT2D eigenvalue weighted by atomic mass is 16.5. The van der Waals surface area contributed by atoms with Gasteiger partial charge in [-0.1, -0.05) is 48.5 Å². The van der Waals surface area contributed by atoms with Crippen LogP contribution in [-0.2, 0) is 0 Å². The maximum Gasteiger partial charge on any atom is 0.218 e. The van der Waals surface area contributed by atoms with Crippen LogP contribution in [-0.4, -0.2) is 41.5 Å². The van der Waals surface area contributed by atoms with Crippen molar-refractivity contribution in [1.82, 2.24) is 5.32 Å². The predicted molar refractivity (Wildman–Crippen MR) is 87.3 cm³/mol. The molecule has 0 amide bonds. The van der Waals surface area contributed by atoms with E-state index in [1.54, 1.807) is 36.4 Å². The number of nitrogens with one attached hydrogen (secondary N) is 1. The van der Waals surface area contributed by atoms with Crippen LogP contribution in [0.4, 0.5) is 0 Å². The zero-order valence-corrected chi connectivity index (χ0v) is 12.8. The van der Waals surface area contributed by atoms with Crippen molar-refractivity contribution < 1.29 is 19.7 Å². The molecule has 3 N–H and O–H groups in total. The summed E-state index contributed by atoms with van der Waals surface area (Å²) in [5.41, 5.74) is 0.545. The summed E-state index contributed by atoms with van der Waals surface area (Å²) in [6.45, 7) is 0.0380. The molecule has 122 valence electrons. The van der Waals surface area contributed by atoms with Gasteiger partial charge in [0.25, 0.3) is 0 Å². The second-order valence-electron chi connectivity index (χ2n) is 5.12. The zero-order valence-electron chi connectivity index (χ0n) is 12.8. The van der Waals surface area contributed by atoms with Gasteiger partial charge < -0.3 is 14.9 Å². The van der Waals surface area contributed by atoms with Crippen LogP contribution in [0.15, 0.2) is 60.7 Å². The van der Waals surface area contributed by atoms with Gasteiger partial charge in [-0.25, -0.2) is 0 Å². The van der Waals surface area contributed by atoms with Crippen LogP contribution < -0.4 is 10.1 Å². The standard InChI is InChI=1S/C18H21NO4/c20-13-15(21)11-12-19-18(23-16-9-5-2-6-10-16)17(22)14-7-3-1-4-8-14/h1-10,15,18-21H,11-13H2. The molecule has 0 spiro atoms. The number of ether oxygens (including phenoxy) is 1. The molecule has 0 aliphatic heterocycles. The highest BCUT2D eigenvalue weighted by Crippen LogP contribution is 2.13. The van der Waals surface area contributed by atoms with Crippen molar-refractivity contribution >= 4 is 5.78 Å². The van der Waals surface area contributed by atoms with Crippen molar-refractivity contribution in [2.24, 2.45) is 0 Å². The molecule has 0 bridgehead atoms. The second-order valence-corrected chi connectivity index (χ2v) is 5.12. The Morgan fingerprint density at radius 1 is 1.04 bits per heavy atom. The monoisotopic (exact) mass is 315 g/mol. The molecule has 0 saturated carbocycles. The van der Waals surface area contributed by atoms with Gasteiger partial charge >= 0.3 is 0 Å². The first-order chi connectivity index (χ1) is 11.2. The Balaban J connectivity index is 2.06. The number of ketones is 1. The molecule has 0 radical (unpaired) electrons. The molecule has 0 aliphatic carbocycles. The smallest absolute Gasteiger partial charge is 0.218 e. The highest BCUT2D eigenvalue weighted by molar-refractivity contribution is 5.99. The van der Waals surface area contributed by atoms with E-state index >= 15 is 0 Å². The Hall–Kier alpha value is -2.21. The maximum absolute atomic E-state index is 12.6. The van der Waals surface area contributed by atoms with Crippen LogP contribution in [0.25, 0.3) is 0 Å². The molecule has 5 nitrogen and oxygen atoms in total. The second kappa shape index (κ2) is 9.05. The van der Waals surface area contributed by atoms with Crippen molar-refractivity contribution in [3.63, 3.8) is 0 Å². The van der Waals surface area contributed by atoms with E-state index in [1.807, 2.05) is 24.3 Å². The molecule has 0 heterocycles. The third kappa shape index (κ3) is 5.49. The molecule has 2 aromatic carbocycles. The lowest BCUT2D eigenvalue weighted by molar-refractivity contribution is 0.0671. The van der Waals surface area contributed by atoms with Crippen molar-refractivity contribution in [2.45, 2.75) is 18.8 Å². The number of hydrogen-bond donors (Lipinski definition) is 3. The Kier molecular flexibility index (Phi) is 6.75. The molecule has 2 unspecified atom stereocenters. The number of Topliss-reactive ketones (excluding diaryl/α,β-unsaturated/α-hetero) is 1. The largest absolute Gasteiger partial charge is 0.468 e. The molecule has 0 saturated heterocycles. The van der Waals surface area contributed by atoms with E-state index in [0.29, 0.717) is 24.3 Å². The van der Waals surface area contributed by atoms with Crippen LogP contribution >= 0.6 is 0 Å². The summed E-state index contributed by atoms with van der Waals surface area (Å²) < 4.78 is 5.74. The highest BCUT2D eigenvalue weighted by Gasteiger charge is 2.21. The van der Waals surface area contributed by atoms with Gasteiger partial charge in [0.2, 0.25) is 12.0 Å². The fraction of sp³-hybridized carbons (Fsp3) is 0.278. The van der Waals surface area contributed by atoms with Crippen molar-refractivity contribution in [3.8, 4) is 5.75 Å². The van der Waals surface area contributed by atoms with Crippen molar-refractivity contribution in [3.05, 3.63) is 66.2 Å². The molecular formula is C18H21NO4. The first kappa shape index (κ1) is 17.1. The summed E-state index contributed by atoms with van der Waals surface area (Å²) in [5, 5.41) is 21.2. The fourth-order valence-corrected chi connectivity index (χ4v) is 2.05. The Labute approximate surface area is 135 Å². The summed E-state index contributed by atoms with van der Waals surface area (Å²) >= 11 is 0. The summed E-state index contributed by atoms with van der Waals surface area (Å²) in [5.74, 6) is 0.393. The van der Waals surface area contributed by atoms with E-state index in [0.717, 1.165) is 0 Å². The van der Waals surface area contributed by atoms with Gasteiger partial charge in [0.15, 0.2) is 0 Å². The minimum atomic E-state index is -0.856. The van der Waals surface area contributed by atoms with E-state index in [9.17, 15) is 9.90 Å². The lowest BCUT2D eigenvalue weighted by Gasteiger charge is -2.20. The van der Waals surface area contributed by atoms with Crippen LogP contribution in [0, 0.1) is 0 Å². The summed E-state index contributed by atoms with van der Waals surface area (Å²) in [6, 6.07) is 18.0. The molecule has 5 heteroatoms. The Bertz CT molecular complexity index is 588. The van der Waals surface area contributed by atoms with Gasteiger partial charge in [0, 0.05) is 12.1 Å². The molecule has 2 atom stereocenters. The van der Waals surface area contributed by atoms with Crippen LogP contribution in [0.3, 0.4) is 0 Å². The number of para-hydroxylation sites is 1. The molecule has 2 aromatic rings. The molecule has 0 aliphatic rings. The van der Waals surface area contributed by atoms with E-state index in [-0.39, 0.29) is 12.4 Å². The van der Waals surface area contributed by atoms with Crippen LogP contribution in [0.2, 0.25) is 0 Å². The minimum Gasteiger partial charge on any atom is -0.468 e. The van der Waals surface area contributed by atoms with Gasteiger partial charge in [0.1, 0.15) is 5.75 Å². The van der Waals surface area contributed by atoms with E-state index < -0.39 is 12.3 Å². The number of benzene rings is 2. The number of aliphatic hydroxyl groups excluding tert-OH is 2. The topological polar surface area (TPSA) is 78.8 Å². The zero-order chi connectivity index (χ0) is 16.5. The van der Waals surface area contributed by atoms with Gasteiger partial charge in [-0.3, -0.25) is 10.1 Å². The van der Waals surface area contributed by atoms with E-state index in [2.05, 4.69) is 5.32 Å². The summed E-state index contributed by atoms with van der Waals surface area (Å²) in [6.07, 6.45) is -1.34. The average molecular weight is 315 g/mol. The number of rotatable bonds is 9. The molecule has 23 heavy (non-hydrogen) atoms. The van der Waals surface area contributed by atoms with Gasteiger partial charge in [0.05, 0.1) is 12.7 Å². The van der Waals surface area contributed by atoms with Crippen molar-refractivity contribution in [2.75, 3.05) is 13.2 Å². The van der Waals surface area contributed by atoms with Crippen LogP contribution in [0.5, 0.6) is 5.75 Å². The summed E-state index contributed by atoms with van der Waals surface area (Å²) in [4.78, 5) is 12.6. The SMILES string of the molecule is O=C(c1ccccc1)C(NCCC(O)CO)Oc1ccccc1. The van der Waals surface area contributed by atoms with Gasteiger partial charge in [-0.15, -0.1) is 0 Å². The predicted octanol–water partition coefficient (Wildman–Crippen LogP) is 1.61. The van der Waals surface area contributed by atoms with Gasteiger partial charge in [-0.2, -0.15) is 0 Å². The van der Waals surface area contributed by atoms with Crippen LogP contribution in [0.1, 0.15) is 16.8 Å². The molecule has 0 aromatic heterocycles. The Morgan fingerprint density at radius 2 is 1.65 bits per heavy atom. The minimum absolute atomic E-state index is 0.187. The number of carbonyl (C=O) groups is 1. The Morgan fingerprint density at radius 3 is 2.26 bits per heavy atom. The number of aliphatic hydroxyl groups is 2. The van der Waals surface area contributed by atoms with Gasteiger partial charge in [-0.05, 0) is 18.6 Å². The average Bonchev–Trinajstić information content (AvgIpc) is 2.61. The third-order valence-electron chi connectivity index (χ3n) is 3.31. The molecule has 2 rings (SSSR count). The summed E-state index contributed by atoms with van der Waals surface area (Å²) in [7, 11) is 0. The maximum atomic E-state index is 12.6. The van der Waals surface area contributed by atoms with E-state index in [4.69, 9.17) is 9.84 Å². The quantitative estimate of drug-likeness (QED) is 0.484. The molecule has 0 fully saturated rings. The van der Waals surface area contributed by atoms with Crippen molar-refractivity contribution in [1.29, 1.82) is 0 Å². The normalized spacial score (nSPS) is 13.3. The number of carbonyl (C=O) groups excluding carboxylic acids is 1. The third-order valence-corrected chi connectivity index (χ3v) is 3.31.